The summed E-state index contributed by atoms with van der Waals surface area (Å²) in [5, 5.41) is 3.47. The monoisotopic (exact) mass is 472 g/mol. The minimum atomic E-state index is -0.258. The SMILES string of the molecule is CC(C)N1C(=O)c2ccccc2C1Nc1ccc(C(=O)N2CCN(c3ccccc3F)CC2)cc1. The zero-order chi connectivity index (χ0) is 24.5. The molecule has 5 rings (SSSR count). The maximum Gasteiger partial charge on any atom is 0.256 e. The molecule has 3 aromatic rings. The summed E-state index contributed by atoms with van der Waals surface area (Å²) in [6, 6.07) is 21.8. The number of amides is 2. The minimum Gasteiger partial charge on any atom is -0.366 e. The maximum atomic E-state index is 14.1. The molecule has 1 N–H and O–H groups in total. The van der Waals surface area contributed by atoms with Crippen molar-refractivity contribution < 1.29 is 14.0 Å². The number of nitrogens with one attached hydrogen (secondary N) is 1. The molecular weight excluding hydrogens is 443 g/mol. The third-order valence-corrected chi connectivity index (χ3v) is 6.75. The Morgan fingerprint density at radius 2 is 1.57 bits per heavy atom. The fraction of sp³-hybridized carbons (Fsp3) is 0.286. The number of hydrogen-bond acceptors (Lipinski definition) is 4. The molecule has 2 amide bonds. The molecule has 1 fully saturated rings. The number of nitrogens with zero attached hydrogens (tertiary/aromatic N) is 3. The molecule has 2 aliphatic rings. The molecule has 180 valence electrons. The summed E-state index contributed by atoms with van der Waals surface area (Å²) in [6.07, 6.45) is -0.258. The second kappa shape index (κ2) is 9.41. The molecule has 3 aromatic carbocycles. The normalized spacial score (nSPS) is 17.7. The van der Waals surface area contributed by atoms with Gasteiger partial charge in [0.2, 0.25) is 0 Å². The van der Waals surface area contributed by atoms with E-state index in [4.69, 9.17) is 0 Å². The predicted octanol–water partition coefficient (Wildman–Crippen LogP) is 4.76. The van der Waals surface area contributed by atoms with Crippen molar-refractivity contribution in [1.29, 1.82) is 0 Å². The van der Waals surface area contributed by atoms with E-state index < -0.39 is 0 Å². The molecule has 7 heteroatoms. The summed E-state index contributed by atoms with van der Waals surface area (Å²) in [4.78, 5) is 31.6. The summed E-state index contributed by atoms with van der Waals surface area (Å²) in [6.45, 7) is 6.27. The van der Waals surface area contributed by atoms with Gasteiger partial charge >= 0.3 is 0 Å². The smallest absolute Gasteiger partial charge is 0.256 e. The Morgan fingerprint density at radius 3 is 2.26 bits per heavy atom. The van der Waals surface area contributed by atoms with E-state index in [1.54, 1.807) is 12.1 Å². The van der Waals surface area contributed by atoms with Gasteiger partial charge in [0.05, 0.1) is 5.69 Å². The molecule has 0 spiro atoms. The van der Waals surface area contributed by atoms with Crippen molar-refractivity contribution in [3.05, 3.63) is 95.3 Å². The molecule has 0 aliphatic carbocycles. The molecule has 1 atom stereocenters. The standard InChI is InChI=1S/C28H29FN4O2/c1-19(2)33-26(22-7-3-4-8-23(22)28(33)35)30-21-13-11-20(12-14-21)27(34)32-17-15-31(16-18-32)25-10-6-5-9-24(25)29/h3-14,19,26,30H,15-18H2,1-2H3. The number of rotatable bonds is 5. The van der Waals surface area contributed by atoms with Gasteiger partial charge in [0.1, 0.15) is 12.0 Å². The van der Waals surface area contributed by atoms with Crippen molar-refractivity contribution in [2.24, 2.45) is 0 Å². The highest BCUT2D eigenvalue weighted by atomic mass is 19.1. The Bertz CT molecular complexity index is 1240. The van der Waals surface area contributed by atoms with Gasteiger partial charge in [-0.15, -0.1) is 0 Å². The third-order valence-electron chi connectivity index (χ3n) is 6.75. The largest absolute Gasteiger partial charge is 0.366 e. The lowest BCUT2D eigenvalue weighted by atomic mass is 10.1. The summed E-state index contributed by atoms with van der Waals surface area (Å²) < 4.78 is 14.1. The molecule has 0 aromatic heterocycles. The molecule has 35 heavy (non-hydrogen) atoms. The van der Waals surface area contributed by atoms with Gasteiger partial charge in [-0.05, 0) is 56.3 Å². The van der Waals surface area contributed by atoms with E-state index in [0.717, 1.165) is 16.8 Å². The summed E-state index contributed by atoms with van der Waals surface area (Å²) in [5.41, 5.74) is 3.71. The van der Waals surface area contributed by atoms with Gasteiger partial charge < -0.3 is 20.0 Å². The molecule has 2 aliphatic heterocycles. The number of halogens is 1. The molecule has 1 saturated heterocycles. The van der Waals surface area contributed by atoms with Crippen LogP contribution in [0.2, 0.25) is 0 Å². The van der Waals surface area contributed by atoms with E-state index in [9.17, 15) is 14.0 Å². The third kappa shape index (κ3) is 4.34. The van der Waals surface area contributed by atoms with Crippen LogP contribution in [0.25, 0.3) is 0 Å². The Labute approximate surface area is 205 Å². The van der Waals surface area contributed by atoms with Crippen LogP contribution >= 0.6 is 0 Å². The number of piperazine rings is 1. The van der Waals surface area contributed by atoms with E-state index in [-0.39, 0.29) is 29.8 Å². The number of benzene rings is 3. The van der Waals surface area contributed by atoms with Gasteiger partial charge in [-0.3, -0.25) is 9.59 Å². The highest BCUT2D eigenvalue weighted by molar-refractivity contribution is 5.99. The lowest BCUT2D eigenvalue weighted by molar-refractivity contribution is 0.0684. The Balaban J connectivity index is 1.25. The molecule has 0 radical (unpaired) electrons. The van der Waals surface area contributed by atoms with E-state index in [2.05, 4.69) is 5.32 Å². The first-order valence-corrected chi connectivity index (χ1v) is 12.0. The van der Waals surface area contributed by atoms with E-state index in [0.29, 0.717) is 37.4 Å². The molecule has 6 nitrogen and oxygen atoms in total. The van der Waals surface area contributed by atoms with Crippen LogP contribution in [0.5, 0.6) is 0 Å². The van der Waals surface area contributed by atoms with Crippen LogP contribution in [0.3, 0.4) is 0 Å². The quantitative estimate of drug-likeness (QED) is 0.582. The fourth-order valence-corrected chi connectivity index (χ4v) is 4.92. The first kappa shape index (κ1) is 22.9. The number of hydrogen-bond donors (Lipinski definition) is 1. The number of anilines is 2. The van der Waals surface area contributed by atoms with Gasteiger partial charge in [0.15, 0.2) is 0 Å². The Morgan fingerprint density at radius 1 is 0.914 bits per heavy atom. The highest BCUT2D eigenvalue weighted by Crippen LogP contribution is 2.35. The average Bonchev–Trinajstić information content (AvgIpc) is 3.16. The number of carbonyl (C=O) groups excluding carboxylic acids is 2. The van der Waals surface area contributed by atoms with Gasteiger partial charge in [-0.25, -0.2) is 4.39 Å². The first-order valence-electron chi connectivity index (χ1n) is 12.0. The number of para-hydroxylation sites is 1. The molecule has 0 bridgehead atoms. The zero-order valence-electron chi connectivity index (χ0n) is 19.9. The first-order chi connectivity index (χ1) is 16.9. The topological polar surface area (TPSA) is 55.9 Å². The van der Waals surface area contributed by atoms with Crippen molar-refractivity contribution in [3.63, 3.8) is 0 Å². The van der Waals surface area contributed by atoms with E-state index >= 15 is 0 Å². The minimum absolute atomic E-state index is 0.0226. The fourth-order valence-electron chi connectivity index (χ4n) is 4.92. The van der Waals surface area contributed by atoms with Crippen LogP contribution in [-0.2, 0) is 0 Å². The maximum absolute atomic E-state index is 14.1. The Hall–Kier alpha value is -3.87. The van der Waals surface area contributed by atoms with Crippen LogP contribution in [0.15, 0.2) is 72.8 Å². The van der Waals surface area contributed by atoms with E-state index in [1.807, 2.05) is 83.1 Å². The predicted molar refractivity (Wildman–Crippen MR) is 135 cm³/mol. The second-order valence-corrected chi connectivity index (χ2v) is 9.25. The van der Waals surface area contributed by atoms with Crippen LogP contribution in [-0.4, -0.2) is 53.8 Å². The van der Waals surface area contributed by atoms with Crippen molar-refractivity contribution in [3.8, 4) is 0 Å². The average molecular weight is 473 g/mol. The summed E-state index contributed by atoms with van der Waals surface area (Å²) in [5.74, 6) is -0.248. The van der Waals surface area contributed by atoms with Crippen LogP contribution < -0.4 is 10.2 Å². The van der Waals surface area contributed by atoms with Crippen LogP contribution in [0, 0.1) is 5.82 Å². The molecule has 0 saturated carbocycles. The van der Waals surface area contributed by atoms with E-state index in [1.165, 1.54) is 6.07 Å². The van der Waals surface area contributed by atoms with Gasteiger partial charge in [0, 0.05) is 54.6 Å². The Kier molecular flexibility index (Phi) is 6.16. The van der Waals surface area contributed by atoms with Crippen molar-refractivity contribution >= 4 is 23.2 Å². The lowest BCUT2D eigenvalue weighted by Crippen LogP contribution is -2.49. The highest BCUT2D eigenvalue weighted by Gasteiger charge is 2.37. The number of carbonyl (C=O) groups is 2. The van der Waals surface area contributed by atoms with Gasteiger partial charge in [0.25, 0.3) is 11.8 Å². The lowest BCUT2D eigenvalue weighted by Gasteiger charge is -2.36. The van der Waals surface area contributed by atoms with Crippen LogP contribution in [0.1, 0.15) is 46.3 Å². The summed E-state index contributed by atoms with van der Waals surface area (Å²) in [7, 11) is 0. The van der Waals surface area contributed by atoms with Crippen LogP contribution in [0.4, 0.5) is 15.8 Å². The number of fused-ring (bicyclic) bond motifs is 1. The van der Waals surface area contributed by atoms with Gasteiger partial charge in [-0.1, -0.05) is 30.3 Å². The molecule has 1 unspecified atom stereocenters. The second-order valence-electron chi connectivity index (χ2n) is 9.25. The molecule has 2 heterocycles. The van der Waals surface area contributed by atoms with Crippen molar-refractivity contribution in [2.45, 2.75) is 26.1 Å². The van der Waals surface area contributed by atoms with Gasteiger partial charge in [-0.2, -0.15) is 0 Å². The molecular formula is C28H29FN4O2. The van der Waals surface area contributed by atoms with Crippen molar-refractivity contribution in [1.82, 2.24) is 9.80 Å². The van der Waals surface area contributed by atoms with Crippen molar-refractivity contribution in [2.75, 3.05) is 36.4 Å². The summed E-state index contributed by atoms with van der Waals surface area (Å²) >= 11 is 0. The zero-order valence-corrected chi connectivity index (χ0v) is 19.9.